The standard InChI is InChI=1S/C17H18ClFN4O2/c1-17(2)16(25)22(12-6-4-11(19)5-7-12)8-9-23(17)15(24)13-10-21(3)20-14(13)18/h4-7,10H,8-9H2,1-3H3. The van der Waals surface area contributed by atoms with Crippen LogP contribution in [0.15, 0.2) is 30.5 Å². The van der Waals surface area contributed by atoms with E-state index in [0.717, 1.165) is 0 Å². The number of carbonyl (C=O) groups is 2. The van der Waals surface area contributed by atoms with Gasteiger partial charge in [-0.1, -0.05) is 11.6 Å². The number of hydrogen-bond acceptors (Lipinski definition) is 3. The number of aromatic nitrogens is 2. The second kappa shape index (κ2) is 6.15. The van der Waals surface area contributed by atoms with E-state index in [-0.39, 0.29) is 28.3 Å². The summed E-state index contributed by atoms with van der Waals surface area (Å²) in [5.74, 6) is -0.940. The summed E-state index contributed by atoms with van der Waals surface area (Å²) in [6.45, 7) is 4.03. The highest BCUT2D eigenvalue weighted by Crippen LogP contribution is 2.29. The number of benzene rings is 1. The van der Waals surface area contributed by atoms with Gasteiger partial charge in [-0.05, 0) is 38.1 Å². The van der Waals surface area contributed by atoms with Crippen LogP contribution in [-0.4, -0.2) is 45.1 Å². The molecule has 0 saturated carbocycles. The van der Waals surface area contributed by atoms with E-state index >= 15 is 0 Å². The highest BCUT2D eigenvalue weighted by atomic mass is 35.5. The number of halogens is 2. The molecule has 0 aliphatic carbocycles. The molecule has 1 aromatic carbocycles. The minimum atomic E-state index is -1.07. The van der Waals surface area contributed by atoms with Crippen molar-refractivity contribution in [3.8, 4) is 0 Å². The number of nitrogens with zero attached hydrogens (tertiary/aromatic N) is 4. The lowest BCUT2D eigenvalue weighted by atomic mass is 9.96. The van der Waals surface area contributed by atoms with E-state index in [4.69, 9.17) is 11.6 Å². The third-order valence-corrected chi connectivity index (χ3v) is 4.67. The van der Waals surface area contributed by atoms with Crippen LogP contribution in [0.3, 0.4) is 0 Å². The lowest BCUT2D eigenvalue weighted by Gasteiger charge is -2.45. The van der Waals surface area contributed by atoms with Crippen molar-refractivity contribution in [1.82, 2.24) is 14.7 Å². The Morgan fingerprint density at radius 1 is 1.24 bits per heavy atom. The zero-order chi connectivity index (χ0) is 18.4. The molecular formula is C17H18ClFN4O2. The van der Waals surface area contributed by atoms with Crippen molar-refractivity contribution in [2.24, 2.45) is 7.05 Å². The molecule has 1 aliphatic heterocycles. The van der Waals surface area contributed by atoms with Gasteiger partial charge in [0, 0.05) is 32.0 Å². The highest BCUT2D eigenvalue weighted by molar-refractivity contribution is 6.32. The fraction of sp³-hybridized carbons (Fsp3) is 0.353. The first-order valence-corrected chi connectivity index (χ1v) is 8.18. The van der Waals surface area contributed by atoms with Crippen LogP contribution < -0.4 is 4.90 Å². The Kier molecular flexibility index (Phi) is 4.28. The third kappa shape index (κ3) is 3.00. The van der Waals surface area contributed by atoms with Gasteiger partial charge in [0.15, 0.2) is 5.15 Å². The molecule has 2 amide bonds. The van der Waals surface area contributed by atoms with Crippen molar-refractivity contribution in [2.75, 3.05) is 18.0 Å². The van der Waals surface area contributed by atoms with Crippen molar-refractivity contribution in [2.45, 2.75) is 19.4 Å². The maximum atomic E-state index is 13.1. The summed E-state index contributed by atoms with van der Waals surface area (Å²) in [5, 5.41) is 4.08. The highest BCUT2D eigenvalue weighted by Gasteiger charge is 2.45. The number of amides is 2. The van der Waals surface area contributed by atoms with E-state index in [1.807, 2.05) is 0 Å². The van der Waals surface area contributed by atoms with Gasteiger partial charge < -0.3 is 9.80 Å². The molecule has 8 heteroatoms. The lowest BCUT2D eigenvalue weighted by Crippen LogP contribution is -2.64. The molecule has 2 heterocycles. The molecule has 1 aliphatic rings. The molecule has 0 atom stereocenters. The fourth-order valence-electron chi connectivity index (χ4n) is 3.00. The summed E-state index contributed by atoms with van der Waals surface area (Å²) in [6, 6.07) is 5.72. The minimum Gasteiger partial charge on any atom is -0.323 e. The number of piperazine rings is 1. The maximum Gasteiger partial charge on any atom is 0.259 e. The summed E-state index contributed by atoms with van der Waals surface area (Å²) in [5.41, 5.74) is -0.200. The predicted octanol–water partition coefficient (Wildman–Crippen LogP) is 2.48. The molecule has 25 heavy (non-hydrogen) atoms. The van der Waals surface area contributed by atoms with Gasteiger partial charge in [0.25, 0.3) is 11.8 Å². The average Bonchev–Trinajstić information content (AvgIpc) is 2.89. The fourth-order valence-corrected chi connectivity index (χ4v) is 3.25. The summed E-state index contributed by atoms with van der Waals surface area (Å²) in [6.07, 6.45) is 1.54. The van der Waals surface area contributed by atoms with Gasteiger partial charge in [-0.25, -0.2) is 4.39 Å². The van der Waals surface area contributed by atoms with E-state index in [0.29, 0.717) is 18.8 Å². The Morgan fingerprint density at radius 2 is 1.88 bits per heavy atom. The van der Waals surface area contributed by atoms with E-state index < -0.39 is 5.54 Å². The lowest BCUT2D eigenvalue weighted by molar-refractivity contribution is -0.129. The van der Waals surface area contributed by atoms with Crippen LogP contribution in [0.1, 0.15) is 24.2 Å². The van der Waals surface area contributed by atoms with Crippen molar-refractivity contribution in [3.63, 3.8) is 0 Å². The molecule has 0 N–H and O–H groups in total. The zero-order valence-electron chi connectivity index (χ0n) is 14.2. The maximum absolute atomic E-state index is 13.1. The quantitative estimate of drug-likeness (QED) is 0.822. The molecule has 0 radical (unpaired) electrons. The van der Waals surface area contributed by atoms with Gasteiger partial charge >= 0.3 is 0 Å². The summed E-state index contributed by atoms with van der Waals surface area (Å²) in [4.78, 5) is 28.9. The summed E-state index contributed by atoms with van der Waals surface area (Å²) < 4.78 is 14.6. The van der Waals surface area contributed by atoms with Crippen molar-refractivity contribution in [3.05, 3.63) is 47.0 Å². The molecule has 2 aromatic rings. The van der Waals surface area contributed by atoms with E-state index in [1.165, 1.54) is 27.9 Å². The largest absolute Gasteiger partial charge is 0.323 e. The Balaban J connectivity index is 1.88. The summed E-state index contributed by atoms with van der Waals surface area (Å²) >= 11 is 6.02. The van der Waals surface area contributed by atoms with E-state index in [2.05, 4.69) is 5.10 Å². The first kappa shape index (κ1) is 17.4. The first-order valence-electron chi connectivity index (χ1n) is 7.80. The predicted molar refractivity (Wildman–Crippen MR) is 92.1 cm³/mol. The number of rotatable bonds is 2. The van der Waals surface area contributed by atoms with Crippen LogP contribution >= 0.6 is 11.6 Å². The smallest absolute Gasteiger partial charge is 0.259 e. The van der Waals surface area contributed by atoms with Gasteiger partial charge in [0.05, 0.1) is 5.56 Å². The van der Waals surface area contributed by atoms with E-state index in [9.17, 15) is 14.0 Å². The van der Waals surface area contributed by atoms with Crippen molar-refractivity contribution < 1.29 is 14.0 Å². The Bertz CT molecular complexity index is 832. The molecule has 0 bridgehead atoms. The second-order valence-corrected chi connectivity index (χ2v) is 6.81. The second-order valence-electron chi connectivity index (χ2n) is 6.46. The third-order valence-electron chi connectivity index (χ3n) is 4.39. The molecule has 3 rings (SSSR count). The van der Waals surface area contributed by atoms with Crippen LogP contribution in [0, 0.1) is 5.82 Å². The normalized spacial score (nSPS) is 17.1. The van der Waals surface area contributed by atoms with Crippen LogP contribution in [0.5, 0.6) is 0 Å². The van der Waals surface area contributed by atoms with Crippen molar-refractivity contribution >= 4 is 29.1 Å². The zero-order valence-corrected chi connectivity index (χ0v) is 14.9. The molecule has 0 unspecified atom stereocenters. The van der Waals surface area contributed by atoms with Crippen LogP contribution in [0.25, 0.3) is 0 Å². The Morgan fingerprint density at radius 3 is 2.44 bits per heavy atom. The monoisotopic (exact) mass is 364 g/mol. The first-order chi connectivity index (χ1) is 11.7. The topological polar surface area (TPSA) is 58.4 Å². The molecule has 1 saturated heterocycles. The summed E-state index contributed by atoms with van der Waals surface area (Å²) in [7, 11) is 1.67. The van der Waals surface area contributed by atoms with E-state index in [1.54, 1.807) is 37.9 Å². The minimum absolute atomic E-state index is 0.108. The van der Waals surface area contributed by atoms with Crippen LogP contribution in [-0.2, 0) is 11.8 Å². The SMILES string of the molecule is Cn1cc(C(=O)N2CCN(c3ccc(F)cc3)C(=O)C2(C)C)c(Cl)n1. The van der Waals surface area contributed by atoms with Gasteiger partial charge in [0.1, 0.15) is 11.4 Å². The average molecular weight is 365 g/mol. The molecular weight excluding hydrogens is 347 g/mol. The number of carbonyl (C=O) groups excluding carboxylic acids is 2. The molecule has 0 spiro atoms. The van der Waals surface area contributed by atoms with Gasteiger partial charge in [0.2, 0.25) is 0 Å². The van der Waals surface area contributed by atoms with Crippen molar-refractivity contribution in [1.29, 1.82) is 0 Å². The number of hydrogen-bond donors (Lipinski definition) is 0. The Labute approximate surface area is 149 Å². The molecule has 132 valence electrons. The molecule has 1 fully saturated rings. The number of anilines is 1. The van der Waals surface area contributed by atoms with Gasteiger partial charge in [-0.3, -0.25) is 14.3 Å². The van der Waals surface area contributed by atoms with Gasteiger partial charge in [-0.2, -0.15) is 5.10 Å². The molecule has 1 aromatic heterocycles. The number of aryl methyl sites for hydroxylation is 1. The van der Waals surface area contributed by atoms with Gasteiger partial charge in [-0.15, -0.1) is 0 Å². The molecule has 6 nitrogen and oxygen atoms in total. The van der Waals surface area contributed by atoms with Crippen LogP contribution in [0.4, 0.5) is 10.1 Å². The Hall–Kier alpha value is -2.41. The van der Waals surface area contributed by atoms with Crippen LogP contribution in [0.2, 0.25) is 5.15 Å².